The lowest BCUT2D eigenvalue weighted by Crippen LogP contribution is -2.42. The van der Waals surface area contributed by atoms with Gasteiger partial charge in [-0.2, -0.15) is 0 Å². The van der Waals surface area contributed by atoms with Crippen LogP contribution in [-0.4, -0.2) is 29.6 Å². The summed E-state index contributed by atoms with van der Waals surface area (Å²) in [7, 11) is 0. The average molecular weight is 272 g/mol. The standard InChI is InChI=1S/C12H14ClNO4/c1-2-10(12(16)17)14-11(15)7-18-9-5-3-4-8(13)6-9/h3-6,10H,2,7H2,1H3,(H,14,15)(H,16,17)/t10-/m1/s1. The normalized spacial score (nSPS) is 11.7. The van der Waals surface area contributed by atoms with Crippen molar-refractivity contribution >= 4 is 23.5 Å². The molecule has 1 amide bonds. The maximum Gasteiger partial charge on any atom is 0.326 e. The van der Waals surface area contributed by atoms with Gasteiger partial charge in [0.2, 0.25) is 0 Å². The summed E-state index contributed by atoms with van der Waals surface area (Å²) in [5.41, 5.74) is 0. The van der Waals surface area contributed by atoms with Crippen molar-refractivity contribution in [3.63, 3.8) is 0 Å². The topological polar surface area (TPSA) is 75.6 Å². The molecule has 0 aliphatic carbocycles. The van der Waals surface area contributed by atoms with E-state index in [0.29, 0.717) is 17.2 Å². The number of carbonyl (C=O) groups is 2. The van der Waals surface area contributed by atoms with Crippen LogP contribution in [0.5, 0.6) is 5.75 Å². The number of rotatable bonds is 6. The molecule has 5 nitrogen and oxygen atoms in total. The predicted octanol–water partition coefficient (Wildman–Crippen LogP) is 1.70. The summed E-state index contributed by atoms with van der Waals surface area (Å²) in [5, 5.41) is 11.6. The van der Waals surface area contributed by atoms with Gasteiger partial charge in [-0.3, -0.25) is 4.79 Å². The minimum absolute atomic E-state index is 0.246. The van der Waals surface area contributed by atoms with Gasteiger partial charge in [-0.25, -0.2) is 4.79 Å². The molecule has 0 radical (unpaired) electrons. The first-order valence-corrected chi connectivity index (χ1v) is 5.81. The summed E-state index contributed by atoms with van der Waals surface area (Å²) in [6.07, 6.45) is 0.318. The molecule has 0 fully saturated rings. The van der Waals surface area contributed by atoms with E-state index in [1.54, 1.807) is 31.2 Å². The number of carboxylic acids is 1. The number of ether oxygens (including phenoxy) is 1. The molecule has 0 saturated heterocycles. The fraction of sp³-hybridized carbons (Fsp3) is 0.333. The second kappa shape index (κ2) is 6.86. The quantitative estimate of drug-likeness (QED) is 0.826. The van der Waals surface area contributed by atoms with E-state index in [1.165, 1.54) is 0 Å². The molecule has 0 saturated carbocycles. The zero-order valence-corrected chi connectivity index (χ0v) is 10.6. The van der Waals surface area contributed by atoms with Gasteiger partial charge in [0, 0.05) is 5.02 Å². The fourth-order valence-electron chi connectivity index (χ4n) is 1.28. The van der Waals surface area contributed by atoms with Gasteiger partial charge in [0.1, 0.15) is 11.8 Å². The van der Waals surface area contributed by atoms with Crippen LogP contribution in [0, 0.1) is 0 Å². The highest BCUT2D eigenvalue weighted by Gasteiger charge is 2.17. The van der Waals surface area contributed by atoms with Gasteiger partial charge in [0.15, 0.2) is 6.61 Å². The molecule has 0 unspecified atom stereocenters. The summed E-state index contributed by atoms with van der Waals surface area (Å²) in [5.74, 6) is -1.08. The summed E-state index contributed by atoms with van der Waals surface area (Å²) in [6, 6.07) is 5.73. The number of hydrogen-bond donors (Lipinski definition) is 2. The molecule has 2 N–H and O–H groups in total. The van der Waals surface area contributed by atoms with Gasteiger partial charge in [0.25, 0.3) is 5.91 Å². The smallest absolute Gasteiger partial charge is 0.326 e. The van der Waals surface area contributed by atoms with Gasteiger partial charge in [-0.1, -0.05) is 24.6 Å². The SMILES string of the molecule is CC[C@@H](NC(=O)COc1cccc(Cl)c1)C(=O)O. The van der Waals surface area contributed by atoms with Crippen molar-refractivity contribution in [2.24, 2.45) is 0 Å². The molecule has 0 aliphatic heterocycles. The molecule has 1 atom stereocenters. The van der Waals surface area contributed by atoms with E-state index >= 15 is 0 Å². The van der Waals surface area contributed by atoms with Gasteiger partial charge < -0.3 is 15.2 Å². The molecule has 1 aromatic carbocycles. The van der Waals surface area contributed by atoms with Crippen LogP contribution >= 0.6 is 11.6 Å². The number of amides is 1. The highest BCUT2D eigenvalue weighted by molar-refractivity contribution is 6.30. The zero-order chi connectivity index (χ0) is 13.5. The maximum atomic E-state index is 11.4. The lowest BCUT2D eigenvalue weighted by Gasteiger charge is -2.12. The minimum Gasteiger partial charge on any atom is -0.484 e. The number of nitrogens with one attached hydrogen (secondary N) is 1. The highest BCUT2D eigenvalue weighted by Crippen LogP contribution is 2.16. The molecule has 6 heteroatoms. The first-order valence-electron chi connectivity index (χ1n) is 5.43. The third kappa shape index (κ3) is 4.63. The number of benzene rings is 1. The Hall–Kier alpha value is -1.75. The van der Waals surface area contributed by atoms with E-state index in [1.807, 2.05) is 0 Å². The maximum absolute atomic E-state index is 11.4. The van der Waals surface area contributed by atoms with Crippen molar-refractivity contribution in [2.45, 2.75) is 19.4 Å². The molecule has 0 aliphatic rings. The van der Waals surface area contributed by atoms with E-state index in [9.17, 15) is 9.59 Å². The summed E-state index contributed by atoms with van der Waals surface area (Å²) >= 11 is 5.75. The van der Waals surface area contributed by atoms with E-state index in [4.69, 9.17) is 21.4 Å². The van der Waals surface area contributed by atoms with Crippen LogP contribution in [0.15, 0.2) is 24.3 Å². The van der Waals surface area contributed by atoms with Crippen LogP contribution in [0.4, 0.5) is 0 Å². The van der Waals surface area contributed by atoms with Crippen LogP contribution in [-0.2, 0) is 9.59 Å². The van der Waals surface area contributed by atoms with Crippen molar-refractivity contribution in [3.8, 4) is 5.75 Å². The molecule has 0 bridgehead atoms. The lowest BCUT2D eigenvalue weighted by molar-refractivity contribution is -0.142. The van der Waals surface area contributed by atoms with Crippen molar-refractivity contribution < 1.29 is 19.4 Å². The van der Waals surface area contributed by atoms with E-state index in [0.717, 1.165) is 0 Å². The Morgan fingerprint density at radius 2 is 2.22 bits per heavy atom. The molecule has 0 aromatic heterocycles. The molecule has 1 rings (SSSR count). The van der Waals surface area contributed by atoms with Gasteiger partial charge in [-0.05, 0) is 24.6 Å². The predicted molar refractivity (Wildman–Crippen MR) is 66.8 cm³/mol. The first kappa shape index (κ1) is 14.3. The third-order valence-corrected chi connectivity index (χ3v) is 2.44. The molecular weight excluding hydrogens is 258 g/mol. The van der Waals surface area contributed by atoms with E-state index in [-0.39, 0.29) is 6.61 Å². The molecular formula is C12H14ClNO4. The van der Waals surface area contributed by atoms with Crippen molar-refractivity contribution in [3.05, 3.63) is 29.3 Å². The number of halogens is 1. The van der Waals surface area contributed by atoms with Gasteiger partial charge in [-0.15, -0.1) is 0 Å². The Kier molecular flexibility index (Phi) is 5.45. The lowest BCUT2D eigenvalue weighted by atomic mass is 10.2. The zero-order valence-electron chi connectivity index (χ0n) is 9.85. The Balaban J connectivity index is 2.44. The van der Waals surface area contributed by atoms with Gasteiger partial charge in [0.05, 0.1) is 0 Å². The highest BCUT2D eigenvalue weighted by atomic mass is 35.5. The van der Waals surface area contributed by atoms with Crippen LogP contribution in [0.1, 0.15) is 13.3 Å². The number of carbonyl (C=O) groups excluding carboxylic acids is 1. The van der Waals surface area contributed by atoms with Crippen molar-refractivity contribution in [1.82, 2.24) is 5.32 Å². The van der Waals surface area contributed by atoms with E-state index < -0.39 is 17.9 Å². The fourth-order valence-corrected chi connectivity index (χ4v) is 1.46. The molecule has 0 spiro atoms. The number of hydrogen-bond acceptors (Lipinski definition) is 3. The summed E-state index contributed by atoms with van der Waals surface area (Å²) < 4.78 is 5.18. The third-order valence-electron chi connectivity index (χ3n) is 2.21. The van der Waals surface area contributed by atoms with Crippen LogP contribution in [0.2, 0.25) is 5.02 Å². The van der Waals surface area contributed by atoms with E-state index in [2.05, 4.69) is 5.32 Å². The molecule has 1 aromatic rings. The van der Waals surface area contributed by atoms with Crippen molar-refractivity contribution in [1.29, 1.82) is 0 Å². The monoisotopic (exact) mass is 271 g/mol. The van der Waals surface area contributed by atoms with Crippen LogP contribution in [0.3, 0.4) is 0 Å². The second-order valence-corrected chi connectivity index (χ2v) is 4.05. The Morgan fingerprint density at radius 1 is 1.50 bits per heavy atom. The summed E-state index contributed by atoms with van der Waals surface area (Å²) in [6.45, 7) is 1.43. The Bertz CT molecular complexity index is 436. The molecule has 18 heavy (non-hydrogen) atoms. The van der Waals surface area contributed by atoms with Crippen LogP contribution in [0.25, 0.3) is 0 Å². The van der Waals surface area contributed by atoms with Gasteiger partial charge >= 0.3 is 5.97 Å². The molecule has 0 heterocycles. The Labute approximate surface area is 110 Å². The molecule has 98 valence electrons. The number of carboxylic acid groups (broad SMARTS) is 1. The average Bonchev–Trinajstić information content (AvgIpc) is 2.33. The largest absolute Gasteiger partial charge is 0.484 e. The number of aliphatic carboxylic acids is 1. The van der Waals surface area contributed by atoms with Crippen molar-refractivity contribution in [2.75, 3.05) is 6.61 Å². The first-order chi connectivity index (χ1) is 8.52. The Morgan fingerprint density at radius 3 is 2.78 bits per heavy atom. The minimum atomic E-state index is -1.06. The summed E-state index contributed by atoms with van der Waals surface area (Å²) in [4.78, 5) is 22.2. The van der Waals surface area contributed by atoms with Crippen LogP contribution < -0.4 is 10.1 Å². The second-order valence-electron chi connectivity index (χ2n) is 3.61.